The van der Waals surface area contributed by atoms with Gasteiger partial charge in [-0.15, -0.1) is 11.8 Å². The van der Waals surface area contributed by atoms with E-state index in [4.69, 9.17) is 0 Å². The second-order valence-electron chi connectivity index (χ2n) is 5.00. The van der Waals surface area contributed by atoms with Crippen molar-refractivity contribution in [1.82, 2.24) is 10.2 Å². The highest BCUT2D eigenvalue weighted by Crippen LogP contribution is 2.30. The number of hydrogen-bond donors (Lipinski definition) is 1. The first-order chi connectivity index (χ1) is 9.86. The highest BCUT2D eigenvalue weighted by molar-refractivity contribution is 7.99. The second kappa shape index (κ2) is 6.56. The van der Waals surface area contributed by atoms with Crippen LogP contribution in [0, 0.1) is 6.20 Å². The van der Waals surface area contributed by atoms with E-state index in [0.29, 0.717) is 11.7 Å². The minimum absolute atomic E-state index is 0.0862. The molecule has 0 spiro atoms. The molecule has 6 heteroatoms. The molecule has 0 aliphatic rings. The van der Waals surface area contributed by atoms with E-state index in [1.807, 2.05) is 29.4 Å². The number of halogens is 3. The summed E-state index contributed by atoms with van der Waals surface area (Å²) in [6.45, 7) is 4.23. The quantitative estimate of drug-likeness (QED) is 0.823. The summed E-state index contributed by atoms with van der Waals surface area (Å²) in [7, 11) is 0. The van der Waals surface area contributed by atoms with Crippen LogP contribution in [-0.4, -0.2) is 15.4 Å². The van der Waals surface area contributed by atoms with Crippen LogP contribution in [0.15, 0.2) is 29.2 Å². The lowest BCUT2D eigenvalue weighted by Gasteiger charge is -2.08. The molecule has 1 N–H and O–H groups in total. The third-order valence-electron chi connectivity index (χ3n) is 2.90. The third kappa shape index (κ3) is 4.52. The zero-order valence-electron chi connectivity index (χ0n) is 11.8. The van der Waals surface area contributed by atoms with Gasteiger partial charge in [0.25, 0.3) is 0 Å². The van der Waals surface area contributed by atoms with E-state index in [9.17, 15) is 13.2 Å². The molecule has 2 rings (SSSR count). The van der Waals surface area contributed by atoms with E-state index in [1.54, 1.807) is 11.8 Å². The molecule has 0 amide bonds. The molecular weight excluding hydrogens is 297 g/mol. The Balaban J connectivity index is 1.99. The normalized spacial score (nSPS) is 12.1. The first-order valence-corrected chi connectivity index (χ1v) is 7.52. The number of aromatic nitrogens is 2. The van der Waals surface area contributed by atoms with Gasteiger partial charge in [0.15, 0.2) is 0 Å². The summed E-state index contributed by atoms with van der Waals surface area (Å²) >= 11 is 1.76. The van der Waals surface area contributed by atoms with E-state index in [2.05, 4.69) is 25.1 Å². The van der Waals surface area contributed by atoms with Crippen LogP contribution in [0.5, 0.6) is 0 Å². The molecule has 2 aromatic rings. The Kier molecular flexibility index (Phi) is 4.98. The fraction of sp³-hybridized carbons (Fsp3) is 0.400. The zero-order chi connectivity index (χ0) is 15.5. The van der Waals surface area contributed by atoms with Crippen molar-refractivity contribution in [1.29, 1.82) is 0 Å². The van der Waals surface area contributed by atoms with Crippen LogP contribution in [0.1, 0.15) is 30.7 Å². The number of alkyl halides is 3. The van der Waals surface area contributed by atoms with Crippen LogP contribution in [0.2, 0.25) is 0 Å². The Bertz CT molecular complexity index is 573. The molecular formula is C15H16F3N2S. The van der Waals surface area contributed by atoms with E-state index in [0.717, 1.165) is 5.56 Å². The van der Waals surface area contributed by atoms with Gasteiger partial charge in [0, 0.05) is 15.7 Å². The Hall–Kier alpha value is -1.43. The van der Waals surface area contributed by atoms with Crippen molar-refractivity contribution < 1.29 is 13.2 Å². The number of aromatic amines is 1. The summed E-state index contributed by atoms with van der Waals surface area (Å²) in [5.74, 6) is 0. The largest absolute Gasteiger partial charge is 0.433 e. The zero-order valence-corrected chi connectivity index (χ0v) is 12.6. The Morgan fingerprint density at radius 3 is 2.43 bits per heavy atom. The van der Waals surface area contributed by atoms with Crippen LogP contribution in [0.25, 0.3) is 0 Å². The van der Waals surface area contributed by atoms with Crippen molar-refractivity contribution >= 4 is 11.8 Å². The average Bonchev–Trinajstić information content (AvgIpc) is 2.85. The number of nitrogens with one attached hydrogen (secondary N) is 1. The summed E-state index contributed by atoms with van der Waals surface area (Å²) in [5.41, 5.74) is 0.295. The molecule has 1 heterocycles. The van der Waals surface area contributed by atoms with Gasteiger partial charge in [-0.3, -0.25) is 5.10 Å². The van der Waals surface area contributed by atoms with Gasteiger partial charge in [0.1, 0.15) is 11.9 Å². The van der Waals surface area contributed by atoms with E-state index < -0.39 is 11.9 Å². The molecule has 1 aromatic carbocycles. The van der Waals surface area contributed by atoms with E-state index >= 15 is 0 Å². The van der Waals surface area contributed by atoms with E-state index in [-0.39, 0.29) is 12.0 Å². The Morgan fingerprint density at radius 1 is 1.19 bits per heavy atom. The van der Waals surface area contributed by atoms with Crippen LogP contribution < -0.4 is 0 Å². The number of hydrogen-bond acceptors (Lipinski definition) is 2. The number of H-pyrrole nitrogens is 1. The lowest BCUT2D eigenvalue weighted by Crippen LogP contribution is -2.09. The molecule has 1 radical (unpaired) electrons. The molecule has 0 unspecified atom stereocenters. The SMILES string of the molecule is CC(C)Sc1ccc(CCc2[c]n[nH]c2C(F)(F)F)cc1. The summed E-state index contributed by atoms with van der Waals surface area (Å²) in [6, 6.07) is 7.92. The maximum atomic E-state index is 12.7. The third-order valence-corrected chi connectivity index (χ3v) is 3.92. The molecule has 0 aliphatic heterocycles. The van der Waals surface area contributed by atoms with Crippen molar-refractivity contribution in [3.05, 3.63) is 47.3 Å². The van der Waals surface area contributed by atoms with Crippen molar-refractivity contribution in [2.75, 3.05) is 0 Å². The molecule has 2 nitrogen and oxygen atoms in total. The van der Waals surface area contributed by atoms with Gasteiger partial charge in [0.05, 0.1) is 0 Å². The first-order valence-electron chi connectivity index (χ1n) is 6.64. The highest BCUT2D eigenvalue weighted by atomic mass is 32.2. The van der Waals surface area contributed by atoms with Crippen molar-refractivity contribution in [3.63, 3.8) is 0 Å². The van der Waals surface area contributed by atoms with Crippen LogP contribution in [0.4, 0.5) is 13.2 Å². The monoisotopic (exact) mass is 313 g/mol. The maximum Gasteiger partial charge on any atom is 0.433 e. The first kappa shape index (κ1) is 15.9. The number of aryl methyl sites for hydroxylation is 2. The molecule has 0 bridgehead atoms. The smallest absolute Gasteiger partial charge is 0.273 e. The summed E-state index contributed by atoms with van der Waals surface area (Å²) < 4.78 is 38.1. The molecule has 0 aliphatic carbocycles. The van der Waals surface area contributed by atoms with Gasteiger partial charge in [-0.2, -0.15) is 18.3 Å². The van der Waals surface area contributed by atoms with Gasteiger partial charge in [-0.25, -0.2) is 0 Å². The summed E-state index contributed by atoms with van der Waals surface area (Å²) in [5, 5.41) is 5.86. The molecule has 0 saturated carbocycles. The number of nitrogens with zero attached hydrogens (tertiary/aromatic N) is 1. The predicted octanol–water partition coefficient (Wildman–Crippen LogP) is 4.51. The maximum absolute atomic E-state index is 12.7. The van der Waals surface area contributed by atoms with Crippen molar-refractivity contribution in [2.45, 2.75) is 43.0 Å². The van der Waals surface area contributed by atoms with Crippen molar-refractivity contribution in [2.24, 2.45) is 0 Å². The number of rotatable bonds is 5. The fourth-order valence-electron chi connectivity index (χ4n) is 1.97. The molecule has 21 heavy (non-hydrogen) atoms. The lowest BCUT2D eigenvalue weighted by molar-refractivity contribution is -0.141. The summed E-state index contributed by atoms with van der Waals surface area (Å²) in [4.78, 5) is 1.17. The Labute approximate surface area is 126 Å². The average molecular weight is 313 g/mol. The van der Waals surface area contributed by atoms with Crippen molar-refractivity contribution in [3.8, 4) is 0 Å². The molecule has 0 atom stereocenters. The fourth-order valence-corrected chi connectivity index (χ4v) is 2.80. The van der Waals surface area contributed by atoms with Crippen LogP contribution in [0.3, 0.4) is 0 Å². The predicted molar refractivity (Wildman–Crippen MR) is 77.3 cm³/mol. The van der Waals surface area contributed by atoms with Gasteiger partial charge < -0.3 is 0 Å². The topological polar surface area (TPSA) is 28.7 Å². The minimum Gasteiger partial charge on any atom is -0.273 e. The highest BCUT2D eigenvalue weighted by Gasteiger charge is 2.35. The van der Waals surface area contributed by atoms with Gasteiger partial charge >= 0.3 is 6.18 Å². The molecule has 1 aromatic heterocycles. The molecule has 0 fully saturated rings. The Morgan fingerprint density at radius 2 is 1.86 bits per heavy atom. The minimum atomic E-state index is -4.40. The lowest BCUT2D eigenvalue weighted by atomic mass is 10.0. The second-order valence-corrected chi connectivity index (χ2v) is 6.65. The van der Waals surface area contributed by atoms with Gasteiger partial charge in [-0.05, 0) is 30.5 Å². The number of benzene rings is 1. The van der Waals surface area contributed by atoms with Crippen LogP contribution in [-0.2, 0) is 19.0 Å². The molecule has 0 saturated heterocycles. The number of thioether (sulfide) groups is 1. The summed E-state index contributed by atoms with van der Waals surface area (Å²) in [6.07, 6.45) is -1.21. The van der Waals surface area contributed by atoms with Gasteiger partial charge in [0.2, 0.25) is 0 Å². The van der Waals surface area contributed by atoms with E-state index in [1.165, 1.54) is 4.90 Å². The van der Waals surface area contributed by atoms with Gasteiger partial charge in [-0.1, -0.05) is 26.0 Å². The standard InChI is InChI=1S/C15H16F3N2S/c1-10(2)21-13-7-4-11(5-8-13)3-6-12-9-19-20-14(12)15(16,17)18/h4-5,7-8,10H,3,6H2,1-2H3,(H,19,20). The van der Waals surface area contributed by atoms with Crippen LogP contribution >= 0.6 is 11.8 Å². The molecule has 113 valence electrons.